The molecule has 0 saturated heterocycles. The van der Waals surface area contributed by atoms with Crippen molar-refractivity contribution in [2.24, 2.45) is 0 Å². The van der Waals surface area contributed by atoms with Gasteiger partial charge in [0.1, 0.15) is 0 Å². The second-order valence-corrected chi connectivity index (χ2v) is 3.42. The van der Waals surface area contributed by atoms with Gasteiger partial charge < -0.3 is 10.1 Å². The van der Waals surface area contributed by atoms with Crippen LogP contribution in [0.1, 0.15) is 16.7 Å². The smallest absolute Gasteiger partial charge is 0.0991 e. The van der Waals surface area contributed by atoms with Crippen LogP contribution in [0.15, 0.2) is 18.2 Å². The Balaban J connectivity index is 2.52. The van der Waals surface area contributed by atoms with Crippen LogP contribution in [-0.4, -0.2) is 20.3 Å². The highest BCUT2D eigenvalue weighted by atomic mass is 16.5. The molecule has 0 aliphatic rings. The zero-order chi connectivity index (χ0) is 11.1. The van der Waals surface area contributed by atoms with Gasteiger partial charge in [-0.3, -0.25) is 0 Å². The molecule has 0 bridgehead atoms. The molecule has 1 aromatic carbocycles. The number of hydrogen-bond donors (Lipinski definition) is 1. The first-order chi connectivity index (χ1) is 7.27. The van der Waals surface area contributed by atoms with Gasteiger partial charge in [0.15, 0.2) is 0 Å². The van der Waals surface area contributed by atoms with Gasteiger partial charge in [-0.25, -0.2) is 0 Å². The first-order valence-electron chi connectivity index (χ1n) is 4.97. The molecular formula is C12H16N2O. The van der Waals surface area contributed by atoms with E-state index in [1.807, 2.05) is 25.1 Å². The van der Waals surface area contributed by atoms with Crippen LogP contribution in [-0.2, 0) is 11.3 Å². The van der Waals surface area contributed by atoms with Crippen molar-refractivity contribution >= 4 is 0 Å². The molecule has 0 atom stereocenters. The van der Waals surface area contributed by atoms with Crippen molar-refractivity contribution in [1.29, 1.82) is 5.26 Å². The maximum absolute atomic E-state index is 8.72. The molecule has 3 heteroatoms. The third-order valence-corrected chi connectivity index (χ3v) is 2.27. The Labute approximate surface area is 90.7 Å². The quantitative estimate of drug-likeness (QED) is 0.741. The van der Waals surface area contributed by atoms with Crippen molar-refractivity contribution in [3.8, 4) is 6.07 Å². The highest BCUT2D eigenvalue weighted by Crippen LogP contribution is 2.09. The monoisotopic (exact) mass is 204 g/mol. The number of nitriles is 1. The van der Waals surface area contributed by atoms with Crippen molar-refractivity contribution in [2.45, 2.75) is 13.5 Å². The average molecular weight is 204 g/mol. The zero-order valence-electron chi connectivity index (χ0n) is 9.21. The molecule has 0 heterocycles. The minimum Gasteiger partial charge on any atom is -0.383 e. The van der Waals surface area contributed by atoms with E-state index in [1.54, 1.807) is 7.11 Å². The topological polar surface area (TPSA) is 45.0 Å². The standard InChI is InChI=1S/C12H16N2O/c1-10-7-11(8-13)3-4-12(10)9-14-5-6-15-2/h3-4,7,14H,5-6,9H2,1-2H3. The lowest BCUT2D eigenvalue weighted by molar-refractivity contribution is 0.199. The highest BCUT2D eigenvalue weighted by Gasteiger charge is 1.99. The van der Waals surface area contributed by atoms with Crippen molar-refractivity contribution < 1.29 is 4.74 Å². The van der Waals surface area contributed by atoms with Crippen LogP contribution >= 0.6 is 0 Å². The number of ether oxygens (including phenoxy) is 1. The lowest BCUT2D eigenvalue weighted by Crippen LogP contribution is -2.19. The molecule has 3 nitrogen and oxygen atoms in total. The Kier molecular flexibility index (Phi) is 4.82. The Morgan fingerprint density at radius 2 is 2.27 bits per heavy atom. The van der Waals surface area contributed by atoms with Gasteiger partial charge in [-0.15, -0.1) is 0 Å². The summed E-state index contributed by atoms with van der Waals surface area (Å²) in [5.41, 5.74) is 3.09. The summed E-state index contributed by atoms with van der Waals surface area (Å²) < 4.78 is 4.94. The SMILES string of the molecule is COCCNCc1ccc(C#N)cc1C. The largest absolute Gasteiger partial charge is 0.383 e. The number of hydrogen-bond acceptors (Lipinski definition) is 3. The zero-order valence-corrected chi connectivity index (χ0v) is 9.21. The molecule has 1 rings (SSSR count). The number of aryl methyl sites for hydroxylation is 1. The summed E-state index contributed by atoms with van der Waals surface area (Å²) in [7, 11) is 1.69. The summed E-state index contributed by atoms with van der Waals surface area (Å²) in [4.78, 5) is 0. The van der Waals surface area contributed by atoms with Gasteiger partial charge in [0.05, 0.1) is 18.2 Å². The van der Waals surface area contributed by atoms with Gasteiger partial charge in [-0.1, -0.05) is 6.07 Å². The van der Waals surface area contributed by atoms with Gasteiger partial charge in [0.2, 0.25) is 0 Å². The van der Waals surface area contributed by atoms with E-state index >= 15 is 0 Å². The predicted molar refractivity (Wildman–Crippen MR) is 59.5 cm³/mol. The first kappa shape index (κ1) is 11.7. The molecule has 0 amide bonds. The molecular weight excluding hydrogens is 188 g/mol. The number of benzene rings is 1. The van der Waals surface area contributed by atoms with E-state index in [0.29, 0.717) is 5.56 Å². The van der Waals surface area contributed by atoms with Crippen LogP contribution in [0.5, 0.6) is 0 Å². The fourth-order valence-corrected chi connectivity index (χ4v) is 1.36. The van der Waals surface area contributed by atoms with E-state index in [0.717, 1.165) is 25.3 Å². The van der Waals surface area contributed by atoms with Crippen LogP contribution in [0.4, 0.5) is 0 Å². The van der Waals surface area contributed by atoms with E-state index in [1.165, 1.54) is 5.56 Å². The van der Waals surface area contributed by atoms with E-state index in [2.05, 4.69) is 11.4 Å². The van der Waals surface area contributed by atoms with Crippen molar-refractivity contribution in [1.82, 2.24) is 5.32 Å². The van der Waals surface area contributed by atoms with E-state index in [4.69, 9.17) is 10.00 Å². The van der Waals surface area contributed by atoms with Crippen LogP contribution < -0.4 is 5.32 Å². The van der Waals surface area contributed by atoms with Gasteiger partial charge in [0, 0.05) is 20.2 Å². The van der Waals surface area contributed by atoms with Gasteiger partial charge in [-0.05, 0) is 30.2 Å². The predicted octanol–water partition coefficient (Wildman–Crippen LogP) is 1.60. The molecule has 0 aliphatic heterocycles. The summed E-state index contributed by atoms with van der Waals surface area (Å²) in [5.74, 6) is 0. The van der Waals surface area contributed by atoms with Crippen molar-refractivity contribution in [3.63, 3.8) is 0 Å². The van der Waals surface area contributed by atoms with Gasteiger partial charge in [0.25, 0.3) is 0 Å². The highest BCUT2D eigenvalue weighted by molar-refractivity contribution is 5.37. The molecule has 0 spiro atoms. The van der Waals surface area contributed by atoms with Gasteiger partial charge in [-0.2, -0.15) is 5.26 Å². The summed E-state index contributed by atoms with van der Waals surface area (Å²) in [6, 6.07) is 7.88. The van der Waals surface area contributed by atoms with E-state index in [9.17, 15) is 0 Å². The van der Waals surface area contributed by atoms with Gasteiger partial charge >= 0.3 is 0 Å². The molecule has 1 aromatic rings. The first-order valence-corrected chi connectivity index (χ1v) is 4.97. The maximum Gasteiger partial charge on any atom is 0.0991 e. The Morgan fingerprint density at radius 1 is 1.47 bits per heavy atom. The number of nitrogens with one attached hydrogen (secondary N) is 1. The minimum absolute atomic E-state index is 0.716. The Bertz CT molecular complexity index is 355. The van der Waals surface area contributed by atoms with Crippen LogP contribution in [0.25, 0.3) is 0 Å². The maximum atomic E-state index is 8.72. The van der Waals surface area contributed by atoms with Crippen LogP contribution in [0, 0.1) is 18.3 Å². The summed E-state index contributed by atoms with van der Waals surface area (Å²) in [6.07, 6.45) is 0. The number of nitrogens with zero attached hydrogens (tertiary/aromatic N) is 1. The molecule has 15 heavy (non-hydrogen) atoms. The third kappa shape index (κ3) is 3.70. The van der Waals surface area contributed by atoms with Crippen molar-refractivity contribution in [2.75, 3.05) is 20.3 Å². The van der Waals surface area contributed by atoms with Crippen LogP contribution in [0.3, 0.4) is 0 Å². The van der Waals surface area contributed by atoms with E-state index in [-0.39, 0.29) is 0 Å². The molecule has 0 aliphatic carbocycles. The fraction of sp³-hybridized carbons (Fsp3) is 0.417. The molecule has 1 N–H and O–H groups in total. The Morgan fingerprint density at radius 3 is 2.87 bits per heavy atom. The molecule has 80 valence electrons. The molecule has 0 radical (unpaired) electrons. The van der Waals surface area contributed by atoms with Crippen LogP contribution in [0.2, 0.25) is 0 Å². The molecule has 0 saturated carbocycles. The third-order valence-electron chi connectivity index (χ3n) is 2.27. The normalized spacial score (nSPS) is 9.93. The lowest BCUT2D eigenvalue weighted by Gasteiger charge is -2.07. The Hall–Kier alpha value is -1.37. The summed E-state index contributed by atoms with van der Waals surface area (Å²) in [6.45, 7) is 4.40. The van der Waals surface area contributed by atoms with E-state index < -0.39 is 0 Å². The molecule has 0 fully saturated rings. The summed E-state index contributed by atoms with van der Waals surface area (Å²) in [5, 5.41) is 12.0. The lowest BCUT2D eigenvalue weighted by atomic mass is 10.1. The number of methoxy groups -OCH3 is 1. The molecule has 0 aromatic heterocycles. The average Bonchev–Trinajstić information content (AvgIpc) is 2.26. The number of rotatable bonds is 5. The van der Waals surface area contributed by atoms with Crippen molar-refractivity contribution in [3.05, 3.63) is 34.9 Å². The second-order valence-electron chi connectivity index (χ2n) is 3.42. The minimum atomic E-state index is 0.716. The second kappa shape index (κ2) is 6.18. The fourth-order valence-electron chi connectivity index (χ4n) is 1.36. The molecule has 0 unspecified atom stereocenters. The summed E-state index contributed by atoms with van der Waals surface area (Å²) >= 11 is 0.